The van der Waals surface area contributed by atoms with E-state index in [-0.39, 0.29) is 29.9 Å². The Bertz CT molecular complexity index is 723. The van der Waals surface area contributed by atoms with Gasteiger partial charge in [0.2, 0.25) is 0 Å². The van der Waals surface area contributed by atoms with E-state index in [2.05, 4.69) is 27.2 Å². The number of nitrogens with zero attached hydrogens (tertiary/aromatic N) is 3. The van der Waals surface area contributed by atoms with Gasteiger partial charge >= 0.3 is 11.7 Å². The summed E-state index contributed by atoms with van der Waals surface area (Å²) >= 11 is 0. The molecule has 0 unspecified atom stereocenters. The van der Waals surface area contributed by atoms with Crippen LogP contribution in [0, 0.1) is 5.92 Å². The predicted octanol–water partition coefficient (Wildman–Crippen LogP) is 1.30. The fourth-order valence-electron chi connectivity index (χ4n) is 2.91. The number of nitrogen functional groups attached to an aromatic ring is 1. The molecule has 24 heavy (non-hydrogen) atoms. The molecule has 9 heteroatoms. The Morgan fingerprint density at radius 1 is 1.42 bits per heavy atom. The molecule has 4 N–H and O–H groups in total. The minimum atomic E-state index is -0.197. The first-order valence-electron chi connectivity index (χ1n) is 8.28. The van der Waals surface area contributed by atoms with Crippen molar-refractivity contribution in [3.05, 3.63) is 10.5 Å². The lowest BCUT2D eigenvalue weighted by Crippen LogP contribution is -2.34. The second kappa shape index (κ2) is 8.34. The number of fused-ring (bicyclic) bond motifs is 1. The van der Waals surface area contributed by atoms with Crippen LogP contribution in [0.2, 0.25) is 0 Å². The van der Waals surface area contributed by atoms with E-state index in [1.54, 1.807) is 4.57 Å². The minimum absolute atomic E-state index is 0. The number of anilines is 1. The fourth-order valence-corrected chi connectivity index (χ4v) is 2.91. The zero-order valence-electron chi connectivity index (χ0n) is 13.9. The Balaban J connectivity index is 0.00000208. The normalized spacial score (nSPS) is 17.6. The van der Waals surface area contributed by atoms with E-state index in [0.717, 1.165) is 38.8 Å². The molecular weight excluding hydrogens is 332 g/mol. The van der Waals surface area contributed by atoms with Crippen molar-refractivity contribution in [2.75, 3.05) is 25.4 Å². The smallest absolute Gasteiger partial charge is 0.327 e. The van der Waals surface area contributed by atoms with E-state index in [1.165, 1.54) is 0 Å². The molecule has 1 fully saturated rings. The number of aromatic nitrogens is 4. The average molecular weight is 357 g/mol. The number of hydrogen-bond donors (Lipinski definition) is 3. The topological polar surface area (TPSA) is 111 Å². The van der Waals surface area contributed by atoms with E-state index in [0.29, 0.717) is 30.2 Å². The Hall–Kier alpha value is -1.80. The zero-order chi connectivity index (χ0) is 16.2. The third kappa shape index (κ3) is 3.99. The number of rotatable bonds is 6. The summed E-state index contributed by atoms with van der Waals surface area (Å²) in [5.74, 6) is 0.667. The van der Waals surface area contributed by atoms with Crippen LogP contribution < -0.4 is 21.5 Å². The molecule has 2 aromatic heterocycles. The lowest BCUT2D eigenvalue weighted by Gasteiger charge is -2.22. The summed E-state index contributed by atoms with van der Waals surface area (Å²) in [6, 6.07) is 0.234. The number of imidazole rings is 1. The summed E-state index contributed by atoms with van der Waals surface area (Å²) in [6.07, 6.45) is 4.19. The van der Waals surface area contributed by atoms with Gasteiger partial charge in [-0.2, -0.15) is 9.97 Å². The van der Waals surface area contributed by atoms with Crippen molar-refractivity contribution in [1.29, 1.82) is 0 Å². The molecule has 1 saturated heterocycles. The number of H-pyrrole nitrogens is 1. The molecule has 2 aromatic rings. The third-order valence-electron chi connectivity index (χ3n) is 4.20. The molecule has 0 amide bonds. The highest BCUT2D eigenvalue weighted by molar-refractivity contribution is 5.85. The van der Waals surface area contributed by atoms with Gasteiger partial charge in [0.05, 0.1) is 6.61 Å². The summed E-state index contributed by atoms with van der Waals surface area (Å²) in [6.45, 7) is 5.21. The zero-order valence-corrected chi connectivity index (χ0v) is 14.7. The molecule has 0 aromatic carbocycles. The number of ether oxygens (including phenoxy) is 1. The highest BCUT2D eigenvalue weighted by Crippen LogP contribution is 2.20. The van der Waals surface area contributed by atoms with Crippen LogP contribution >= 0.6 is 12.4 Å². The molecule has 0 saturated carbocycles. The highest BCUT2D eigenvalue weighted by Gasteiger charge is 2.19. The van der Waals surface area contributed by atoms with E-state index >= 15 is 0 Å². The van der Waals surface area contributed by atoms with Gasteiger partial charge in [-0.25, -0.2) is 4.79 Å². The number of unbranched alkanes of at least 4 members (excludes halogenated alkanes) is 1. The van der Waals surface area contributed by atoms with E-state index in [4.69, 9.17) is 10.5 Å². The summed E-state index contributed by atoms with van der Waals surface area (Å²) in [5.41, 5.74) is 6.77. The first kappa shape index (κ1) is 18.5. The van der Waals surface area contributed by atoms with Crippen molar-refractivity contribution in [3.8, 4) is 6.01 Å². The molecule has 3 heterocycles. The maximum absolute atomic E-state index is 12.3. The van der Waals surface area contributed by atoms with Gasteiger partial charge < -0.3 is 20.8 Å². The van der Waals surface area contributed by atoms with Crippen LogP contribution in [0.25, 0.3) is 11.2 Å². The number of nitrogens with one attached hydrogen (secondary N) is 2. The Labute approximate surface area is 146 Å². The first-order chi connectivity index (χ1) is 11.2. The number of nitrogens with two attached hydrogens (primary N) is 1. The van der Waals surface area contributed by atoms with Gasteiger partial charge in [0.1, 0.15) is 5.52 Å². The monoisotopic (exact) mass is 356 g/mol. The summed E-state index contributed by atoms with van der Waals surface area (Å²) in [4.78, 5) is 23.5. The third-order valence-corrected chi connectivity index (χ3v) is 4.20. The summed E-state index contributed by atoms with van der Waals surface area (Å²) in [7, 11) is 0. The molecule has 1 aliphatic heterocycles. The number of halogens is 1. The van der Waals surface area contributed by atoms with E-state index < -0.39 is 0 Å². The highest BCUT2D eigenvalue weighted by atomic mass is 35.5. The van der Waals surface area contributed by atoms with Crippen molar-refractivity contribution in [3.63, 3.8) is 0 Å². The molecule has 1 atom stereocenters. The second-order valence-electron chi connectivity index (χ2n) is 6.05. The predicted molar refractivity (Wildman–Crippen MR) is 95.8 cm³/mol. The minimum Gasteiger partial charge on any atom is -0.463 e. The number of hydrogen-bond acceptors (Lipinski definition) is 6. The maximum Gasteiger partial charge on any atom is 0.327 e. The van der Waals surface area contributed by atoms with Gasteiger partial charge in [0.15, 0.2) is 11.5 Å². The Kier molecular flexibility index (Phi) is 6.44. The van der Waals surface area contributed by atoms with Crippen LogP contribution in [0.5, 0.6) is 6.01 Å². The summed E-state index contributed by atoms with van der Waals surface area (Å²) in [5, 5.41) is 3.36. The van der Waals surface area contributed by atoms with Gasteiger partial charge in [0, 0.05) is 6.54 Å². The van der Waals surface area contributed by atoms with Gasteiger partial charge in [-0.3, -0.25) is 4.57 Å². The van der Waals surface area contributed by atoms with Gasteiger partial charge in [-0.15, -0.1) is 12.4 Å². The van der Waals surface area contributed by atoms with Crippen LogP contribution in [0.3, 0.4) is 0 Å². The molecule has 1 aliphatic rings. The molecule has 3 rings (SSSR count). The standard InChI is InChI=1S/C15H24N6O2.ClH/c1-2-3-7-23-14-19-12(16)11-13(20-14)21(15(22)18-11)9-10-5-4-6-17-8-10;/h10,17H,2-9H2,1H3,(H,18,22)(H2,16,19,20);1H/t10-;/m1./s1. The number of piperidine rings is 1. The van der Waals surface area contributed by atoms with Crippen molar-refractivity contribution >= 4 is 29.4 Å². The van der Waals surface area contributed by atoms with Crippen LogP contribution in [0.1, 0.15) is 32.6 Å². The molecular formula is C15H25ClN6O2. The Morgan fingerprint density at radius 3 is 2.96 bits per heavy atom. The van der Waals surface area contributed by atoms with Crippen molar-refractivity contribution in [2.45, 2.75) is 39.2 Å². The molecule has 0 aliphatic carbocycles. The quantitative estimate of drug-likeness (QED) is 0.673. The lowest BCUT2D eigenvalue weighted by molar-refractivity contribution is 0.286. The maximum atomic E-state index is 12.3. The Morgan fingerprint density at radius 2 is 2.25 bits per heavy atom. The SMILES string of the molecule is CCCCOc1nc(N)c2[nH]c(=O)n(C[C@@H]3CCCNC3)c2n1.Cl. The van der Waals surface area contributed by atoms with Gasteiger partial charge in [0.25, 0.3) is 0 Å². The van der Waals surface area contributed by atoms with Gasteiger partial charge in [-0.1, -0.05) is 13.3 Å². The molecule has 0 bridgehead atoms. The molecule has 0 radical (unpaired) electrons. The molecule has 8 nitrogen and oxygen atoms in total. The van der Waals surface area contributed by atoms with E-state index in [1.807, 2.05) is 0 Å². The van der Waals surface area contributed by atoms with Crippen molar-refractivity contribution < 1.29 is 4.74 Å². The first-order valence-corrected chi connectivity index (χ1v) is 8.28. The molecule has 134 valence electrons. The molecule has 0 spiro atoms. The average Bonchev–Trinajstić information content (AvgIpc) is 2.86. The van der Waals surface area contributed by atoms with Gasteiger partial charge in [-0.05, 0) is 38.3 Å². The van der Waals surface area contributed by atoms with Crippen LogP contribution in [0.15, 0.2) is 4.79 Å². The number of aromatic amines is 1. The van der Waals surface area contributed by atoms with Crippen LogP contribution in [0.4, 0.5) is 5.82 Å². The largest absolute Gasteiger partial charge is 0.463 e. The van der Waals surface area contributed by atoms with Crippen LogP contribution in [-0.2, 0) is 6.54 Å². The van der Waals surface area contributed by atoms with Crippen molar-refractivity contribution in [1.82, 2.24) is 24.8 Å². The fraction of sp³-hybridized carbons (Fsp3) is 0.667. The van der Waals surface area contributed by atoms with Crippen LogP contribution in [-0.4, -0.2) is 39.2 Å². The van der Waals surface area contributed by atoms with Crippen molar-refractivity contribution in [2.24, 2.45) is 5.92 Å². The van der Waals surface area contributed by atoms with E-state index in [9.17, 15) is 4.79 Å². The second-order valence-corrected chi connectivity index (χ2v) is 6.05. The lowest BCUT2D eigenvalue weighted by atomic mass is 10.00. The summed E-state index contributed by atoms with van der Waals surface area (Å²) < 4.78 is 7.20.